The first kappa shape index (κ1) is 21.7. The van der Waals surface area contributed by atoms with E-state index in [1.54, 1.807) is 34.9 Å². The number of carbonyl (C=O) groups excluding carboxylic acids is 1. The van der Waals surface area contributed by atoms with Crippen molar-refractivity contribution >= 4 is 33.7 Å². The maximum absolute atomic E-state index is 13.0. The fraction of sp³-hybridized carbons (Fsp3) is 0.192. The third-order valence-corrected chi connectivity index (χ3v) is 5.79. The highest BCUT2D eigenvalue weighted by Gasteiger charge is 2.15. The molecule has 0 saturated heterocycles. The minimum atomic E-state index is -0.407. The van der Waals surface area contributed by atoms with Crippen LogP contribution in [0.3, 0.4) is 0 Å². The lowest BCUT2D eigenvalue weighted by Crippen LogP contribution is -2.23. The highest BCUT2D eigenvalue weighted by atomic mass is 16.4. The van der Waals surface area contributed by atoms with Crippen LogP contribution in [-0.2, 0) is 6.54 Å². The average Bonchev–Trinajstić information content (AvgIpc) is 3.32. The molecule has 0 aliphatic carbocycles. The standard InChI is InChI=1S/C26H25N5O3/c1-17-27-21-15-18(9-11-22(21)31(17)20-7-5-4-6-8-20)25(32)28-19-10-12-24-23(16-19)30(26(33)34-24)14-13-29(2)3/h4-12,15-16H,13-14H2,1-3H3,(H,28,32). The second-order valence-corrected chi connectivity index (χ2v) is 8.49. The highest BCUT2D eigenvalue weighted by Crippen LogP contribution is 2.24. The van der Waals surface area contributed by atoms with E-state index >= 15 is 0 Å². The maximum atomic E-state index is 13.0. The van der Waals surface area contributed by atoms with Crippen molar-refractivity contribution in [3.63, 3.8) is 0 Å². The largest absolute Gasteiger partial charge is 0.419 e. The average molecular weight is 456 g/mol. The van der Waals surface area contributed by atoms with Crippen LogP contribution in [0.2, 0.25) is 0 Å². The molecule has 1 amide bonds. The van der Waals surface area contributed by atoms with Gasteiger partial charge in [-0.1, -0.05) is 18.2 Å². The number of para-hydroxylation sites is 1. The Morgan fingerprint density at radius 3 is 2.59 bits per heavy atom. The summed E-state index contributed by atoms with van der Waals surface area (Å²) >= 11 is 0. The second-order valence-electron chi connectivity index (χ2n) is 8.49. The first-order valence-electron chi connectivity index (χ1n) is 11.0. The van der Waals surface area contributed by atoms with E-state index in [9.17, 15) is 9.59 Å². The van der Waals surface area contributed by atoms with E-state index in [-0.39, 0.29) is 5.91 Å². The summed E-state index contributed by atoms with van der Waals surface area (Å²) in [6.45, 7) is 3.14. The highest BCUT2D eigenvalue weighted by molar-refractivity contribution is 6.06. The lowest BCUT2D eigenvalue weighted by molar-refractivity contribution is 0.102. The van der Waals surface area contributed by atoms with Gasteiger partial charge in [0.25, 0.3) is 5.91 Å². The number of oxazole rings is 1. The summed E-state index contributed by atoms with van der Waals surface area (Å²) < 4.78 is 8.99. The molecule has 172 valence electrons. The summed E-state index contributed by atoms with van der Waals surface area (Å²) in [7, 11) is 3.89. The number of nitrogens with one attached hydrogen (secondary N) is 1. The molecule has 0 aliphatic heterocycles. The van der Waals surface area contributed by atoms with E-state index < -0.39 is 5.76 Å². The number of carbonyl (C=O) groups is 1. The Hall–Kier alpha value is -4.17. The molecule has 8 heteroatoms. The van der Waals surface area contributed by atoms with E-state index in [1.165, 1.54) is 0 Å². The number of amides is 1. The second kappa shape index (κ2) is 8.64. The van der Waals surface area contributed by atoms with E-state index in [0.29, 0.717) is 35.4 Å². The topological polar surface area (TPSA) is 85.3 Å². The number of likely N-dealkylation sites (N-methyl/N-ethyl adjacent to an activating group) is 1. The van der Waals surface area contributed by atoms with Crippen molar-refractivity contribution in [3.05, 3.63) is 88.7 Å². The molecule has 0 saturated carbocycles. The number of benzene rings is 3. The number of anilines is 1. The van der Waals surface area contributed by atoms with Gasteiger partial charge in [-0.2, -0.15) is 0 Å². The van der Waals surface area contributed by atoms with Gasteiger partial charge in [-0.25, -0.2) is 9.78 Å². The Balaban J connectivity index is 1.43. The van der Waals surface area contributed by atoms with Crippen molar-refractivity contribution in [2.75, 3.05) is 26.0 Å². The van der Waals surface area contributed by atoms with Crippen LogP contribution in [-0.4, -0.2) is 45.6 Å². The first-order valence-corrected chi connectivity index (χ1v) is 11.0. The zero-order valence-corrected chi connectivity index (χ0v) is 19.3. The molecule has 2 aromatic heterocycles. The quantitative estimate of drug-likeness (QED) is 0.417. The van der Waals surface area contributed by atoms with Crippen LogP contribution in [0.5, 0.6) is 0 Å². The van der Waals surface area contributed by atoms with Crippen molar-refractivity contribution in [1.82, 2.24) is 19.0 Å². The Kier molecular flexibility index (Phi) is 5.51. The molecule has 5 rings (SSSR count). The SMILES string of the molecule is Cc1nc2cc(C(=O)Nc3ccc4oc(=O)n(CCN(C)C)c4c3)ccc2n1-c1ccccc1. The van der Waals surface area contributed by atoms with E-state index in [2.05, 4.69) is 14.9 Å². The summed E-state index contributed by atoms with van der Waals surface area (Å²) in [4.78, 5) is 31.9. The molecule has 0 spiro atoms. The minimum absolute atomic E-state index is 0.251. The van der Waals surface area contributed by atoms with Crippen molar-refractivity contribution in [2.45, 2.75) is 13.5 Å². The molecule has 0 aliphatic rings. The molecular formula is C26H25N5O3. The number of aromatic nitrogens is 3. The maximum Gasteiger partial charge on any atom is 0.419 e. The lowest BCUT2D eigenvalue weighted by Gasteiger charge is -2.10. The fourth-order valence-corrected chi connectivity index (χ4v) is 4.10. The molecular weight excluding hydrogens is 430 g/mol. The monoisotopic (exact) mass is 455 g/mol. The number of aryl methyl sites for hydroxylation is 1. The smallest absolute Gasteiger partial charge is 0.408 e. The Morgan fingerprint density at radius 2 is 1.82 bits per heavy atom. The van der Waals surface area contributed by atoms with Gasteiger partial charge in [-0.05, 0) is 69.6 Å². The molecule has 8 nitrogen and oxygen atoms in total. The van der Waals surface area contributed by atoms with Gasteiger partial charge < -0.3 is 14.6 Å². The molecule has 34 heavy (non-hydrogen) atoms. The van der Waals surface area contributed by atoms with E-state index in [1.807, 2.05) is 62.3 Å². The van der Waals surface area contributed by atoms with Crippen molar-refractivity contribution in [2.24, 2.45) is 0 Å². The van der Waals surface area contributed by atoms with Crippen LogP contribution in [0, 0.1) is 6.92 Å². The Bertz CT molecular complexity index is 1560. The first-order chi connectivity index (χ1) is 16.4. The van der Waals surface area contributed by atoms with Crippen LogP contribution in [0.25, 0.3) is 27.8 Å². The molecule has 0 radical (unpaired) electrons. The number of hydrogen-bond donors (Lipinski definition) is 1. The summed E-state index contributed by atoms with van der Waals surface area (Å²) in [5.41, 5.74) is 4.93. The van der Waals surface area contributed by atoms with Gasteiger partial charge in [0.2, 0.25) is 0 Å². The normalized spacial score (nSPS) is 11.5. The molecule has 0 bridgehead atoms. The summed E-state index contributed by atoms with van der Waals surface area (Å²) in [5.74, 6) is 0.189. The molecule has 0 fully saturated rings. The Morgan fingerprint density at radius 1 is 1.03 bits per heavy atom. The van der Waals surface area contributed by atoms with Gasteiger partial charge in [0.05, 0.1) is 16.6 Å². The zero-order valence-electron chi connectivity index (χ0n) is 19.3. The van der Waals surface area contributed by atoms with Gasteiger partial charge >= 0.3 is 5.76 Å². The van der Waals surface area contributed by atoms with Gasteiger partial charge in [-0.15, -0.1) is 0 Å². The van der Waals surface area contributed by atoms with Crippen LogP contribution >= 0.6 is 0 Å². The number of rotatable bonds is 6. The van der Waals surface area contributed by atoms with E-state index in [0.717, 1.165) is 22.5 Å². The molecule has 3 aromatic carbocycles. The number of imidazole rings is 1. The summed E-state index contributed by atoms with van der Waals surface area (Å²) in [6.07, 6.45) is 0. The predicted octanol–water partition coefficient (Wildman–Crippen LogP) is 4.06. The van der Waals surface area contributed by atoms with E-state index in [4.69, 9.17) is 4.42 Å². The fourth-order valence-electron chi connectivity index (χ4n) is 4.10. The van der Waals surface area contributed by atoms with Crippen LogP contribution in [0.15, 0.2) is 75.9 Å². The lowest BCUT2D eigenvalue weighted by atomic mass is 10.1. The van der Waals surface area contributed by atoms with Crippen molar-refractivity contribution < 1.29 is 9.21 Å². The van der Waals surface area contributed by atoms with Gasteiger partial charge in [0.15, 0.2) is 5.58 Å². The third kappa shape index (κ3) is 3.99. The molecule has 1 N–H and O–H groups in total. The number of fused-ring (bicyclic) bond motifs is 2. The molecule has 5 aromatic rings. The number of hydrogen-bond acceptors (Lipinski definition) is 5. The van der Waals surface area contributed by atoms with Crippen LogP contribution < -0.4 is 11.1 Å². The summed E-state index contributed by atoms with van der Waals surface area (Å²) in [6, 6.07) is 20.7. The van der Waals surface area contributed by atoms with Gasteiger partial charge in [0, 0.05) is 30.0 Å². The summed E-state index contributed by atoms with van der Waals surface area (Å²) in [5, 5.41) is 2.93. The molecule has 0 atom stereocenters. The molecule has 0 unspecified atom stereocenters. The minimum Gasteiger partial charge on any atom is -0.408 e. The van der Waals surface area contributed by atoms with Crippen LogP contribution in [0.1, 0.15) is 16.2 Å². The number of nitrogens with zero attached hydrogens (tertiary/aromatic N) is 4. The Labute approximate surface area is 196 Å². The molecule has 2 heterocycles. The van der Waals surface area contributed by atoms with Gasteiger partial charge in [-0.3, -0.25) is 13.9 Å². The van der Waals surface area contributed by atoms with Crippen molar-refractivity contribution in [3.8, 4) is 5.69 Å². The predicted molar refractivity (Wildman–Crippen MR) is 133 cm³/mol. The third-order valence-electron chi connectivity index (χ3n) is 5.79. The van der Waals surface area contributed by atoms with Crippen molar-refractivity contribution in [1.29, 1.82) is 0 Å². The zero-order chi connectivity index (χ0) is 23.8. The van der Waals surface area contributed by atoms with Crippen LogP contribution in [0.4, 0.5) is 5.69 Å². The van der Waals surface area contributed by atoms with Gasteiger partial charge in [0.1, 0.15) is 5.82 Å².